The molecular weight excluding hydrogens is 208 g/mol. The molecule has 0 saturated heterocycles. The number of hydrogen-bond acceptors (Lipinski definition) is 3. The predicted octanol–water partition coefficient (Wildman–Crippen LogP) is 2.91. The van der Waals surface area contributed by atoms with Crippen molar-refractivity contribution in [2.24, 2.45) is 0 Å². The topological polar surface area (TPSA) is 34.1 Å². The number of allylic oxidation sites excluding steroid dienone is 4. The zero-order chi connectivity index (χ0) is 11.7. The molecule has 0 aliphatic rings. The third-order valence-corrected chi connectivity index (χ3v) is 2.42. The summed E-state index contributed by atoms with van der Waals surface area (Å²) in [7, 11) is 0. The third-order valence-electron chi connectivity index (χ3n) is 1.67. The van der Waals surface area contributed by atoms with Gasteiger partial charge in [-0.3, -0.25) is 4.79 Å². The van der Waals surface area contributed by atoms with Gasteiger partial charge in [0.05, 0.1) is 0 Å². The molecule has 0 saturated carbocycles. The first-order chi connectivity index (χ1) is 7.10. The van der Waals surface area contributed by atoms with Crippen LogP contribution in [0.3, 0.4) is 0 Å². The number of carbonyl (C=O) groups is 2. The quantitative estimate of drug-likeness (QED) is 0.492. The van der Waals surface area contributed by atoms with E-state index < -0.39 is 0 Å². The van der Waals surface area contributed by atoms with Gasteiger partial charge in [-0.25, -0.2) is 0 Å². The van der Waals surface area contributed by atoms with E-state index >= 15 is 0 Å². The van der Waals surface area contributed by atoms with Gasteiger partial charge in [-0.05, 0) is 31.4 Å². The van der Waals surface area contributed by atoms with E-state index in [0.717, 1.165) is 4.91 Å². The minimum Gasteiger partial charge on any atom is -0.300 e. The number of hydrogen-bond donors (Lipinski definition) is 0. The number of carbonyl (C=O) groups excluding carboxylic acids is 2. The van der Waals surface area contributed by atoms with Crippen LogP contribution in [0.5, 0.6) is 0 Å². The molecule has 0 unspecified atom stereocenters. The SMILES string of the molecule is C=C/C=C(/C=C/C(=O)CCC(C)=O)SC. The summed E-state index contributed by atoms with van der Waals surface area (Å²) in [6.45, 7) is 5.07. The Hall–Kier alpha value is -1.09. The first-order valence-electron chi connectivity index (χ1n) is 4.67. The van der Waals surface area contributed by atoms with Gasteiger partial charge in [0.1, 0.15) is 5.78 Å². The predicted molar refractivity (Wildman–Crippen MR) is 65.9 cm³/mol. The number of ketones is 2. The zero-order valence-corrected chi connectivity index (χ0v) is 9.97. The van der Waals surface area contributed by atoms with Crippen molar-refractivity contribution in [3.05, 3.63) is 35.8 Å². The fourth-order valence-electron chi connectivity index (χ4n) is 0.865. The second-order valence-electron chi connectivity index (χ2n) is 3.01. The summed E-state index contributed by atoms with van der Waals surface area (Å²) in [6, 6.07) is 0. The summed E-state index contributed by atoms with van der Waals surface area (Å²) < 4.78 is 0. The van der Waals surface area contributed by atoms with Gasteiger partial charge in [-0.2, -0.15) is 0 Å². The largest absolute Gasteiger partial charge is 0.300 e. The Morgan fingerprint density at radius 1 is 1.27 bits per heavy atom. The molecule has 0 radical (unpaired) electrons. The molecular formula is C12H16O2S. The first kappa shape index (κ1) is 13.9. The highest BCUT2D eigenvalue weighted by Gasteiger charge is 1.99. The van der Waals surface area contributed by atoms with Crippen molar-refractivity contribution in [3.63, 3.8) is 0 Å². The van der Waals surface area contributed by atoms with Gasteiger partial charge in [-0.1, -0.05) is 12.7 Å². The molecule has 0 fully saturated rings. The monoisotopic (exact) mass is 224 g/mol. The van der Waals surface area contributed by atoms with E-state index in [-0.39, 0.29) is 11.6 Å². The van der Waals surface area contributed by atoms with Gasteiger partial charge in [0.2, 0.25) is 0 Å². The summed E-state index contributed by atoms with van der Waals surface area (Å²) >= 11 is 1.54. The molecule has 0 rings (SSSR count). The minimum absolute atomic E-state index is 0.0192. The number of rotatable bonds is 7. The Morgan fingerprint density at radius 3 is 2.40 bits per heavy atom. The first-order valence-corrected chi connectivity index (χ1v) is 5.89. The zero-order valence-electron chi connectivity index (χ0n) is 9.16. The maximum absolute atomic E-state index is 11.3. The van der Waals surface area contributed by atoms with Crippen molar-refractivity contribution in [3.8, 4) is 0 Å². The molecule has 0 aliphatic heterocycles. The fraction of sp³-hybridized carbons (Fsp3) is 0.333. The van der Waals surface area contributed by atoms with Crippen LogP contribution in [0.2, 0.25) is 0 Å². The van der Waals surface area contributed by atoms with Gasteiger partial charge in [0, 0.05) is 17.7 Å². The Balaban J connectivity index is 4.14. The molecule has 0 aromatic rings. The highest BCUT2D eigenvalue weighted by Crippen LogP contribution is 2.13. The van der Waals surface area contributed by atoms with Gasteiger partial charge in [0.15, 0.2) is 5.78 Å². The molecule has 0 N–H and O–H groups in total. The molecule has 0 bridgehead atoms. The molecule has 0 amide bonds. The summed E-state index contributed by atoms with van der Waals surface area (Å²) in [5.41, 5.74) is 0. The summed E-state index contributed by atoms with van der Waals surface area (Å²) in [5.74, 6) is 0.0256. The van der Waals surface area contributed by atoms with Gasteiger partial charge >= 0.3 is 0 Å². The van der Waals surface area contributed by atoms with E-state index in [1.165, 1.54) is 13.0 Å². The molecule has 82 valence electrons. The van der Waals surface area contributed by atoms with Crippen LogP contribution in [0, 0.1) is 0 Å². The summed E-state index contributed by atoms with van der Waals surface area (Å²) in [4.78, 5) is 22.9. The van der Waals surface area contributed by atoms with Crippen LogP contribution in [-0.2, 0) is 9.59 Å². The molecule has 15 heavy (non-hydrogen) atoms. The van der Waals surface area contributed by atoms with Crippen LogP contribution in [-0.4, -0.2) is 17.8 Å². The molecule has 0 aromatic heterocycles. The summed E-state index contributed by atoms with van der Waals surface area (Å²) in [5, 5.41) is 0. The van der Waals surface area contributed by atoms with Crippen LogP contribution in [0.25, 0.3) is 0 Å². The second-order valence-corrected chi connectivity index (χ2v) is 3.89. The molecule has 3 heteroatoms. The molecule has 0 aliphatic carbocycles. The van der Waals surface area contributed by atoms with Crippen LogP contribution >= 0.6 is 11.8 Å². The van der Waals surface area contributed by atoms with Crippen molar-refractivity contribution in [2.75, 3.05) is 6.26 Å². The van der Waals surface area contributed by atoms with E-state index in [2.05, 4.69) is 6.58 Å². The molecule has 0 heterocycles. The van der Waals surface area contributed by atoms with Crippen molar-refractivity contribution in [1.29, 1.82) is 0 Å². The van der Waals surface area contributed by atoms with Crippen LogP contribution in [0.1, 0.15) is 19.8 Å². The molecule has 0 aromatic carbocycles. The average molecular weight is 224 g/mol. The van der Waals surface area contributed by atoms with Crippen LogP contribution in [0.4, 0.5) is 0 Å². The minimum atomic E-state index is -0.0192. The van der Waals surface area contributed by atoms with E-state index in [0.29, 0.717) is 12.8 Å². The van der Waals surface area contributed by atoms with Gasteiger partial charge in [0.25, 0.3) is 0 Å². The van der Waals surface area contributed by atoms with Crippen molar-refractivity contribution < 1.29 is 9.59 Å². The number of thioether (sulfide) groups is 1. The van der Waals surface area contributed by atoms with E-state index in [1.54, 1.807) is 23.9 Å². The lowest BCUT2D eigenvalue weighted by Gasteiger charge is -1.94. The lowest BCUT2D eigenvalue weighted by molar-refractivity contribution is -0.120. The lowest BCUT2D eigenvalue weighted by Crippen LogP contribution is -1.97. The maximum atomic E-state index is 11.3. The Morgan fingerprint density at radius 2 is 1.93 bits per heavy atom. The standard InChI is InChI=1S/C12H16O2S/c1-4-5-12(15-3)9-8-11(14)7-6-10(2)13/h4-5,8-9H,1,6-7H2,2-3H3/b9-8+,12-5-. The Labute approximate surface area is 95.1 Å². The van der Waals surface area contributed by atoms with Crippen molar-refractivity contribution >= 4 is 23.3 Å². The Kier molecular flexibility index (Phi) is 7.64. The molecule has 0 atom stereocenters. The van der Waals surface area contributed by atoms with Crippen LogP contribution in [0.15, 0.2) is 35.8 Å². The lowest BCUT2D eigenvalue weighted by atomic mass is 10.1. The third kappa shape index (κ3) is 7.94. The Bertz CT molecular complexity index is 301. The highest BCUT2D eigenvalue weighted by atomic mass is 32.2. The molecule has 0 spiro atoms. The van der Waals surface area contributed by atoms with Crippen LogP contribution < -0.4 is 0 Å². The smallest absolute Gasteiger partial charge is 0.156 e. The van der Waals surface area contributed by atoms with Crippen molar-refractivity contribution in [1.82, 2.24) is 0 Å². The fourth-order valence-corrected chi connectivity index (χ4v) is 1.30. The summed E-state index contributed by atoms with van der Waals surface area (Å²) in [6.07, 6.45) is 9.31. The van der Waals surface area contributed by atoms with Gasteiger partial charge in [-0.15, -0.1) is 11.8 Å². The normalized spacial score (nSPS) is 11.7. The van der Waals surface area contributed by atoms with E-state index in [1.807, 2.05) is 12.3 Å². The maximum Gasteiger partial charge on any atom is 0.156 e. The van der Waals surface area contributed by atoms with Gasteiger partial charge < -0.3 is 4.79 Å². The second kappa shape index (κ2) is 8.24. The average Bonchev–Trinajstić information content (AvgIpc) is 2.21. The van der Waals surface area contributed by atoms with E-state index in [9.17, 15) is 9.59 Å². The van der Waals surface area contributed by atoms with Crippen molar-refractivity contribution in [2.45, 2.75) is 19.8 Å². The highest BCUT2D eigenvalue weighted by molar-refractivity contribution is 8.02. The van der Waals surface area contributed by atoms with E-state index in [4.69, 9.17) is 0 Å². The number of Topliss-reactive ketones (excluding diaryl/α,β-unsaturated/α-hetero) is 1. The molecule has 2 nitrogen and oxygen atoms in total.